The van der Waals surface area contributed by atoms with Crippen molar-refractivity contribution in [3.05, 3.63) is 0 Å². The van der Waals surface area contributed by atoms with E-state index in [9.17, 15) is 37.5 Å². The van der Waals surface area contributed by atoms with E-state index in [4.69, 9.17) is 0 Å². The van der Waals surface area contributed by atoms with Gasteiger partial charge in [-0.2, -0.15) is 0 Å². The quantitative estimate of drug-likeness (QED) is 0.280. The Labute approximate surface area is 207 Å². The minimum absolute atomic E-state index is 0.0109. The predicted octanol–water partition coefficient (Wildman–Crippen LogP) is 3.76. The van der Waals surface area contributed by atoms with Gasteiger partial charge >= 0.3 is 5.97 Å². The number of hydrogen-bond acceptors (Lipinski definition) is 7. The fourth-order valence-electron chi connectivity index (χ4n) is 3.29. The molecule has 1 aliphatic heterocycles. The predicted molar refractivity (Wildman–Crippen MR) is 127 cm³/mol. The van der Waals surface area contributed by atoms with E-state index in [1.807, 2.05) is 27.7 Å². The smallest absolute Gasteiger partial charge is 0.375 e. The van der Waals surface area contributed by atoms with Crippen molar-refractivity contribution in [3.63, 3.8) is 0 Å². The number of ether oxygens (including phenoxy) is 1. The Balaban J connectivity index is 0. The molecular weight excluding hydrogens is 464 g/mol. The lowest BCUT2D eigenvalue weighted by molar-refractivity contribution is -0.155. The second-order valence-electron chi connectivity index (χ2n) is 8.44. The van der Waals surface area contributed by atoms with Crippen LogP contribution >= 0.6 is 0 Å². The molecule has 2 aliphatic rings. The van der Waals surface area contributed by atoms with Crippen LogP contribution in [0.5, 0.6) is 0 Å². The molecule has 1 saturated carbocycles. The molecule has 2 fully saturated rings. The van der Waals surface area contributed by atoms with Gasteiger partial charge < -0.3 is 9.64 Å². The molecule has 1 heterocycles. The number of nitrogens with zero attached hydrogens (tertiary/aromatic N) is 1. The third-order valence-corrected chi connectivity index (χ3v) is 5.12. The van der Waals surface area contributed by atoms with Gasteiger partial charge in [0, 0.05) is 25.8 Å². The van der Waals surface area contributed by atoms with Crippen molar-refractivity contribution < 1.29 is 42.3 Å². The molecule has 0 aromatic rings. The van der Waals surface area contributed by atoms with Crippen LogP contribution in [-0.2, 0) is 33.5 Å². The number of likely N-dealkylation sites (tertiary alicyclic amines) is 1. The van der Waals surface area contributed by atoms with Crippen LogP contribution in [0.25, 0.3) is 0 Å². The van der Waals surface area contributed by atoms with Crippen molar-refractivity contribution >= 4 is 35.0 Å². The number of Topliss-reactive ketones (excluding diaryl/α,β-unsaturated/α-hetero) is 4. The van der Waals surface area contributed by atoms with E-state index < -0.39 is 59.3 Å². The lowest BCUT2D eigenvalue weighted by Crippen LogP contribution is -2.42. The Kier molecular flexibility index (Phi) is 16.0. The number of ketones is 4. The number of halogens is 2. The molecule has 1 aliphatic carbocycles. The Bertz CT molecular complexity index is 755. The molecule has 2 rings (SSSR count). The normalized spacial score (nSPS) is 24.1. The fourth-order valence-corrected chi connectivity index (χ4v) is 3.29. The number of carbonyl (C=O) groups is 6. The molecule has 0 spiro atoms. The van der Waals surface area contributed by atoms with Gasteiger partial charge in [-0.1, -0.05) is 27.7 Å². The van der Waals surface area contributed by atoms with Crippen LogP contribution in [0.3, 0.4) is 0 Å². The maximum atomic E-state index is 13.4. The van der Waals surface area contributed by atoms with Crippen LogP contribution in [0.1, 0.15) is 87.5 Å². The Morgan fingerprint density at radius 3 is 1.77 bits per heavy atom. The van der Waals surface area contributed by atoms with E-state index in [0.717, 1.165) is 6.92 Å². The van der Waals surface area contributed by atoms with Gasteiger partial charge in [-0.25, -0.2) is 13.6 Å². The van der Waals surface area contributed by atoms with Gasteiger partial charge in [0.15, 0.2) is 5.78 Å². The van der Waals surface area contributed by atoms with Gasteiger partial charge in [0.1, 0.15) is 17.1 Å². The average molecular weight is 506 g/mol. The largest absolute Gasteiger partial charge is 0.460 e. The topological polar surface area (TPSA) is 115 Å². The Hall–Kier alpha value is -2.52. The second kappa shape index (κ2) is 16.2. The van der Waals surface area contributed by atoms with Gasteiger partial charge in [-0.3, -0.25) is 24.0 Å². The van der Waals surface area contributed by atoms with E-state index in [-0.39, 0.29) is 38.2 Å². The van der Waals surface area contributed by atoms with Crippen molar-refractivity contribution in [2.24, 2.45) is 5.92 Å². The number of alkyl halides is 2. The van der Waals surface area contributed by atoms with Crippen LogP contribution in [0, 0.1) is 5.92 Å². The summed E-state index contributed by atoms with van der Waals surface area (Å²) in [4.78, 5) is 67.9. The molecule has 35 heavy (non-hydrogen) atoms. The highest BCUT2D eigenvalue weighted by molar-refractivity contribution is 6.39. The van der Waals surface area contributed by atoms with Gasteiger partial charge in [-0.15, -0.1) is 0 Å². The van der Waals surface area contributed by atoms with E-state index >= 15 is 0 Å². The zero-order valence-corrected chi connectivity index (χ0v) is 22.3. The lowest BCUT2D eigenvalue weighted by atomic mass is 9.70. The molecule has 0 bridgehead atoms. The van der Waals surface area contributed by atoms with Crippen molar-refractivity contribution in [2.45, 2.75) is 98.8 Å². The SMILES string of the molecule is CC.CC.CC(=O)C(=O)CC(=O)N1CCC(C)(F)C1.CCOC(=O)C(=O)CC(=O)C1CC(C)(F)C1. The maximum Gasteiger partial charge on any atom is 0.375 e. The molecule has 0 aromatic heterocycles. The first kappa shape index (κ1) is 34.6. The van der Waals surface area contributed by atoms with E-state index in [1.165, 1.54) is 18.7 Å². The third kappa shape index (κ3) is 13.2. The summed E-state index contributed by atoms with van der Waals surface area (Å²) < 4.78 is 30.9. The summed E-state index contributed by atoms with van der Waals surface area (Å²) >= 11 is 0. The minimum Gasteiger partial charge on any atom is -0.460 e. The van der Waals surface area contributed by atoms with Crippen molar-refractivity contribution in [2.75, 3.05) is 19.7 Å². The fraction of sp³-hybridized carbons (Fsp3) is 0.760. The van der Waals surface area contributed by atoms with Crippen molar-refractivity contribution in [3.8, 4) is 0 Å². The van der Waals surface area contributed by atoms with E-state index in [2.05, 4.69) is 4.74 Å². The number of esters is 1. The van der Waals surface area contributed by atoms with Gasteiger partial charge in [0.25, 0.3) is 0 Å². The molecule has 10 heteroatoms. The maximum absolute atomic E-state index is 13.4. The molecular formula is C25H41F2NO7. The molecule has 1 unspecified atom stereocenters. The van der Waals surface area contributed by atoms with Crippen LogP contribution in [0.2, 0.25) is 0 Å². The zero-order chi connectivity index (χ0) is 28.0. The molecule has 0 radical (unpaired) electrons. The average Bonchev–Trinajstić information content (AvgIpc) is 3.15. The highest BCUT2D eigenvalue weighted by atomic mass is 19.1. The Morgan fingerprint density at radius 1 is 0.886 bits per heavy atom. The van der Waals surface area contributed by atoms with Crippen LogP contribution < -0.4 is 0 Å². The summed E-state index contributed by atoms with van der Waals surface area (Å²) in [5.41, 5.74) is -2.66. The summed E-state index contributed by atoms with van der Waals surface area (Å²) in [7, 11) is 0. The summed E-state index contributed by atoms with van der Waals surface area (Å²) in [6.07, 6.45) is -0.345. The number of amides is 1. The highest BCUT2D eigenvalue weighted by Crippen LogP contribution is 2.41. The molecule has 0 aromatic carbocycles. The number of hydrogen-bond donors (Lipinski definition) is 0. The first-order chi connectivity index (χ1) is 16.2. The third-order valence-electron chi connectivity index (χ3n) is 5.12. The van der Waals surface area contributed by atoms with E-state index in [0.29, 0.717) is 6.54 Å². The van der Waals surface area contributed by atoms with E-state index in [1.54, 1.807) is 6.92 Å². The van der Waals surface area contributed by atoms with Crippen LogP contribution in [0.15, 0.2) is 0 Å². The summed E-state index contributed by atoms with van der Waals surface area (Å²) in [6, 6.07) is 0. The lowest BCUT2D eigenvalue weighted by Gasteiger charge is -2.37. The monoisotopic (exact) mass is 505 g/mol. The second-order valence-corrected chi connectivity index (χ2v) is 8.44. The summed E-state index contributed by atoms with van der Waals surface area (Å²) in [5, 5.41) is 0. The van der Waals surface area contributed by atoms with Crippen molar-refractivity contribution in [1.29, 1.82) is 0 Å². The standard InChI is InChI=1S/C11H15FO4.C10H14FNO3.2C2H6/c1-3-16-10(15)9(14)4-8(13)7-5-11(2,12)6-7;1-7(13)8(14)5-9(15)12-4-3-10(2,11)6-12;2*1-2/h7H,3-6H2,1-2H3;3-6H2,1-2H3;2*1-2H3. The molecule has 0 N–H and O–H groups in total. The van der Waals surface area contributed by atoms with Gasteiger partial charge in [0.05, 0.1) is 26.0 Å². The summed E-state index contributed by atoms with van der Waals surface area (Å²) in [5.74, 6) is -4.44. The highest BCUT2D eigenvalue weighted by Gasteiger charge is 2.44. The molecule has 1 amide bonds. The van der Waals surface area contributed by atoms with Gasteiger partial charge in [0.2, 0.25) is 17.5 Å². The minimum atomic E-state index is -1.37. The Morgan fingerprint density at radius 2 is 1.40 bits per heavy atom. The molecule has 1 atom stereocenters. The summed E-state index contributed by atoms with van der Waals surface area (Å²) in [6.45, 7) is 14.0. The first-order valence-corrected chi connectivity index (χ1v) is 12.1. The van der Waals surface area contributed by atoms with Crippen molar-refractivity contribution in [1.82, 2.24) is 4.90 Å². The van der Waals surface area contributed by atoms with Crippen LogP contribution in [0.4, 0.5) is 8.78 Å². The zero-order valence-electron chi connectivity index (χ0n) is 22.3. The molecule has 202 valence electrons. The van der Waals surface area contributed by atoms with Gasteiger partial charge in [-0.05, 0) is 33.6 Å². The molecule has 8 nitrogen and oxygen atoms in total. The number of rotatable bonds is 8. The molecule has 1 saturated heterocycles. The first-order valence-electron chi connectivity index (χ1n) is 12.1. The van der Waals surface area contributed by atoms with Crippen LogP contribution in [-0.4, -0.2) is 70.9 Å². The number of carbonyl (C=O) groups excluding carboxylic acids is 6.